The van der Waals surface area contributed by atoms with E-state index >= 15 is 0 Å². The first-order chi connectivity index (χ1) is 14.3. The highest BCUT2D eigenvalue weighted by Crippen LogP contribution is 2.27. The summed E-state index contributed by atoms with van der Waals surface area (Å²) in [6.07, 6.45) is 6.49. The Hall–Kier alpha value is -2.18. The predicted molar refractivity (Wildman–Crippen MR) is 114 cm³/mol. The largest absolute Gasteiger partial charge is 0.379 e. The van der Waals surface area contributed by atoms with Crippen LogP contribution in [0.25, 0.3) is 11.4 Å². The van der Waals surface area contributed by atoms with Crippen LogP contribution >= 0.6 is 0 Å². The van der Waals surface area contributed by atoms with Crippen LogP contribution in [0.2, 0.25) is 0 Å². The Balaban J connectivity index is 1.38. The molecule has 1 N–H and O–H groups in total. The maximum Gasteiger partial charge on any atom is 0.271 e. The summed E-state index contributed by atoms with van der Waals surface area (Å²) < 4.78 is 7.66. The van der Waals surface area contributed by atoms with Crippen LogP contribution in [0.3, 0.4) is 0 Å². The van der Waals surface area contributed by atoms with Gasteiger partial charge in [-0.2, -0.15) is 0 Å². The number of imidazole rings is 1. The SMILES string of the molecule is O=C(NCCCCN1CCOCC1)c1nc(-c2ccccc2)n2c1CCCCC2. The van der Waals surface area contributed by atoms with Crippen molar-refractivity contribution in [3.05, 3.63) is 41.7 Å². The van der Waals surface area contributed by atoms with Crippen molar-refractivity contribution in [1.82, 2.24) is 19.8 Å². The van der Waals surface area contributed by atoms with Crippen LogP contribution in [0.1, 0.15) is 48.3 Å². The highest BCUT2D eigenvalue weighted by molar-refractivity contribution is 5.94. The second-order valence-corrected chi connectivity index (χ2v) is 7.98. The average molecular weight is 397 g/mol. The number of carbonyl (C=O) groups excluding carboxylic acids is 1. The summed E-state index contributed by atoms with van der Waals surface area (Å²) in [5.41, 5.74) is 2.81. The molecule has 6 nitrogen and oxygen atoms in total. The maximum atomic E-state index is 12.9. The number of nitrogens with one attached hydrogen (secondary N) is 1. The predicted octanol–water partition coefficient (Wildman–Crippen LogP) is 3.12. The van der Waals surface area contributed by atoms with Gasteiger partial charge in [-0.05, 0) is 38.6 Å². The third-order valence-electron chi connectivity index (χ3n) is 5.91. The summed E-state index contributed by atoms with van der Waals surface area (Å²) in [6, 6.07) is 10.2. The van der Waals surface area contributed by atoms with Gasteiger partial charge in [0.15, 0.2) is 0 Å². The fraction of sp³-hybridized carbons (Fsp3) is 0.565. The van der Waals surface area contributed by atoms with E-state index in [2.05, 4.69) is 26.9 Å². The Labute approximate surface area is 173 Å². The Morgan fingerprint density at radius 1 is 1.03 bits per heavy atom. The number of nitrogens with zero attached hydrogens (tertiary/aromatic N) is 3. The number of aromatic nitrogens is 2. The van der Waals surface area contributed by atoms with Crippen LogP contribution in [0, 0.1) is 0 Å². The van der Waals surface area contributed by atoms with Crippen molar-refractivity contribution in [3.8, 4) is 11.4 Å². The molecule has 3 heterocycles. The Bertz CT molecular complexity index is 797. The summed E-state index contributed by atoms with van der Waals surface area (Å²) in [5, 5.41) is 3.11. The Kier molecular flexibility index (Phi) is 6.96. The summed E-state index contributed by atoms with van der Waals surface area (Å²) in [4.78, 5) is 20.2. The third kappa shape index (κ3) is 5.06. The van der Waals surface area contributed by atoms with Gasteiger partial charge in [-0.15, -0.1) is 0 Å². The number of ether oxygens (including phenoxy) is 1. The fourth-order valence-corrected chi connectivity index (χ4v) is 4.28. The molecule has 1 aromatic carbocycles. The molecule has 0 bridgehead atoms. The molecule has 2 aliphatic heterocycles. The molecule has 29 heavy (non-hydrogen) atoms. The van der Waals surface area contributed by atoms with Crippen LogP contribution in [0.5, 0.6) is 0 Å². The van der Waals surface area contributed by atoms with Crippen LogP contribution in [0.15, 0.2) is 30.3 Å². The molecule has 2 aromatic rings. The van der Waals surface area contributed by atoms with E-state index in [1.807, 2.05) is 18.2 Å². The summed E-state index contributed by atoms with van der Waals surface area (Å²) in [6.45, 7) is 6.45. The molecule has 0 spiro atoms. The number of amides is 1. The minimum Gasteiger partial charge on any atom is -0.379 e. The minimum absolute atomic E-state index is 0.0239. The molecular weight excluding hydrogens is 364 g/mol. The smallest absolute Gasteiger partial charge is 0.271 e. The second kappa shape index (κ2) is 10.0. The van der Waals surface area contributed by atoms with E-state index < -0.39 is 0 Å². The van der Waals surface area contributed by atoms with Crippen molar-refractivity contribution in [2.75, 3.05) is 39.4 Å². The lowest BCUT2D eigenvalue weighted by Crippen LogP contribution is -2.37. The van der Waals surface area contributed by atoms with Gasteiger partial charge >= 0.3 is 0 Å². The monoisotopic (exact) mass is 396 g/mol. The number of unbranched alkanes of at least 4 members (excludes halogenated alkanes) is 1. The molecule has 1 fully saturated rings. The van der Waals surface area contributed by atoms with Crippen LogP contribution < -0.4 is 5.32 Å². The summed E-state index contributed by atoms with van der Waals surface area (Å²) in [7, 11) is 0. The van der Waals surface area contributed by atoms with Gasteiger partial charge < -0.3 is 14.6 Å². The van der Waals surface area contributed by atoms with Gasteiger partial charge in [0.25, 0.3) is 5.91 Å². The van der Waals surface area contributed by atoms with Gasteiger partial charge in [0.2, 0.25) is 0 Å². The molecule has 1 aromatic heterocycles. The molecular formula is C23H32N4O2. The average Bonchev–Trinajstić information content (AvgIpc) is 2.96. The maximum absolute atomic E-state index is 12.9. The highest BCUT2D eigenvalue weighted by Gasteiger charge is 2.24. The van der Waals surface area contributed by atoms with Gasteiger partial charge in [-0.25, -0.2) is 4.98 Å². The van der Waals surface area contributed by atoms with E-state index in [1.54, 1.807) is 0 Å². The van der Waals surface area contributed by atoms with Crippen molar-refractivity contribution in [2.45, 2.75) is 45.1 Å². The quantitative estimate of drug-likeness (QED) is 0.731. The second-order valence-electron chi connectivity index (χ2n) is 7.98. The first-order valence-corrected chi connectivity index (χ1v) is 11.1. The van der Waals surface area contributed by atoms with Gasteiger partial charge in [0.05, 0.1) is 18.9 Å². The number of carbonyl (C=O) groups is 1. The van der Waals surface area contributed by atoms with E-state index in [0.29, 0.717) is 12.2 Å². The Morgan fingerprint density at radius 2 is 1.86 bits per heavy atom. The number of hydrogen-bond donors (Lipinski definition) is 1. The first kappa shape index (κ1) is 20.1. The zero-order valence-corrected chi connectivity index (χ0v) is 17.2. The number of benzene rings is 1. The van der Waals surface area contributed by atoms with Crippen molar-refractivity contribution < 1.29 is 9.53 Å². The van der Waals surface area contributed by atoms with Crippen molar-refractivity contribution in [3.63, 3.8) is 0 Å². The Morgan fingerprint density at radius 3 is 2.69 bits per heavy atom. The summed E-state index contributed by atoms with van der Waals surface area (Å²) >= 11 is 0. The number of hydrogen-bond acceptors (Lipinski definition) is 4. The third-order valence-corrected chi connectivity index (χ3v) is 5.91. The first-order valence-electron chi connectivity index (χ1n) is 11.1. The van der Waals surface area contributed by atoms with E-state index in [9.17, 15) is 4.79 Å². The molecule has 0 atom stereocenters. The molecule has 0 unspecified atom stereocenters. The molecule has 1 amide bonds. The molecule has 156 valence electrons. The lowest BCUT2D eigenvalue weighted by Gasteiger charge is -2.26. The molecule has 2 aliphatic rings. The van der Waals surface area contributed by atoms with Crippen LogP contribution in [0.4, 0.5) is 0 Å². The van der Waals surface area contributed by atoms with Crippen LogP contribution in [-0.4, -0.2) is 59.8 Å². The van der Waals surface area contributed by atoms with Crippen LogP contribution in [-0.2, 0) is 17.7 Å². The zero-order chi connectivity index (χ0) is 19.9. The van der Waals surface area contributed by atoms with Crippen molar-refractivity contribution >= 4 is 5.91 Å². The molecule has 4 rings (SSSR count). The number of rotatable bonds is 7. The molecule has 1 saturated heterocycles. The fourth-order valence-electron chi connectivity index (χ4n) is 4.28. The number of morpholine rings is 1. The highest BCUT2D eigenvalue weighted by atomic mass is 16.5. The van der Waals surface area contributed by atoms with Gasteiger partial charge in [-0.1, -0.05) is 36.8 Å². The molecule has 6 heteroatoms. The lowest BCUT2D eigenvalue weighted by atomic mass is 10.1. The lowest BCUT2D eigenvalue weighted by molar-refractivity contribution is 0.0372. The minimum atomic E-state index is -0.0239. The summed E-state index contributed by atoms with van der Waals surface area (Å²) in [5.74, 6) is 0.907. The van der Waals surface area contributed by atoms with E-state index in [1.165, 1.54) is 6.42 Å². The zero-order valence-electron chi connectivity index (χ0n) is 17.2. The topological polar surface area (TPSA) is 59.4 Å². The van der Waals surface area contributed by atoms with Gasteiger partial charge in [-0.3, -0.25) is 9.69 Å². The van der Waals surface area contributed by atoms with E-state index in [4.69, 9.17) is 9.72 Å². The van der Waals surface area contributed by atoms with Crippen molar-refractivity contribution in [2.24, 2.45) is 0 Å². The van der Waals surface area contributed by atoms with E-state index in [0.717, 1.165) is 88.6 Å². The molecule has 0 saturated carbocycles. The standard InChI is InChI=1S/C23H32N4O2/c28-23(24-12-6-8-13-26-15-17-29-18-16-26)21-20-11-5-2-7-14-27(20)22(25-21)19-9-3-1-4-10-19/h1,3-4,9-10H,2,5-8,11-18H2,(H,24,28). The normalized spacial score (nSPS) is 17.5. The van der Waals surface area contributed by atoms with Crippen molar-refractivity contribution in [1.29, 1.82) is 0 Å². The van der Waals surface area contributed by atoms with Gasteiger partial charge in [0, 0.05) is 31.7 Å². The molecule has 0 radical (unpaired) electrons. The molecule has 0 aliphatic carbocycles. The van der Waals surface area contributed by atoms with E-state index in [-0.39, 0.29) is 5.91 Å². The van der Waals surface area contributed by atoms with Gasteiger partial charge in [0.1, 0.15) is 11.5 Å². The number of fused-ring (bicyclic) bond motifs is 1.